The molecule has 0 bridgehead atoms. The van der Waals surface area contributed by atoms with Crippen LogP contribution in [0.2, 0.25) is 0 Å². The molecule has 1 saturated heterocycles. The van der Waals surface area contributed by atoms with E-state index in [1.54, 1.807) is 0 Å². The molecule has 92 valence electrons. The number of hydrogen-bond donors (Lipinski definition) is 0. The van der Waals surface area contributed by atoms with Gasteiger partial charge in [-0.3, -0.25) is 4.90 Å². The zero-order chi connectivity index (χ0) is 11.8. The predicted molar refractivity (Wildman–Crippen MR) is 67.5 cm³/mol. The van der Waals surface area contributed by atoms with Crippen LogP contribution in [0.5, 0.6) is 0 Å². The van der Waals surface area contributed by atoms with Gasteiger partial charge in [-0.05, 0) is 32.6 Å². The van der Waals surface area contributed by atoms with Crippen LogP contribution in [0.4, 0.5) is 0 Å². The van der Waals surface area contributed by atoms with E-state index in [2.05, 4.69) is 44.7 Å². The second-order valence-corrected chi connectivity index (χ2v) is 5.95. The Morgan fingerprint density at radius 3 is 2.44 bits per heavy atom. The van der Waals surface area contributed by atoms with Gasteiger partial charge in [0.15, 0.2) is 0 Å². The van der Waals surface area contributed by atoms with E-state index in [9.17, 15) is 0 Å². The van der Waals surface area contributed by atoms with Crippen LogP contribution in [0, 0.1) is 5.92 Å². The smallest absolute Gasteiger partial charge is 0.0862 e. The first-order chi connectivity index (χ1) is 7.54. The molecule has 2 atom stereocenters. The fourth-order valence-corrected chi connectivity index (χ4v) is 3.10. The molecule has 0 N–H and O–H groups in total. The van der Waals surface area contributed by atoms with E-state index < -0.39 is 0 Å². The molecule has 0 aromatic carbocycles. The SMILES string of the molecule is CC(C)C1CC2(CC=CCO2)CN1C(C)C. The topological polar surface area (TPSA) is 12.5 Å². The summed E-state index contributed by atoms with van der Waals surface area (Å²) in [6.07, 6.45) is 6.74. The summed E-state index contributed by atoms with van der Waals surface area (Å²) in [6, 6.07) is 1.31. The van der Waals surface area contributed by atoms with Crippen LogP contribution in [-0.2, 0) is 4.74 Å². The summed E-state index contributed by atoms with van der Waals surface area (Å²) >= 11 is 0. The molecular formula is C14H25NO. The highest BCUT2D eigenvalue weighted by molar-refractivity contribution is 5.06. The Morgan fingerprint density at radius 1 is 1.25 bits per heavy atom. The van der Waals surface area contributed by atoms with Crippen molar-refractivity contribution in [2.45, 2.75) is 58.2 Å². The minimum absolute atomic E-state index is 0.119. The Bertz CT molecular complexity index is 254. The van der Waals surface area contributed by atoms with E-state index >= 15 is 0 Å². The van der Waals surface area contributed by atoms with Crippen LogP contribution in [-0.4, -0.2) is 35.7 Å². The number of likely N-dealkylation sites (tertiary alicyclic amines) is 1. The van der Waals surface area contributed by atoms with Crippen molar-refractivity contribution in [1.82, 2.24) is 4.90 Å². The summed E-state index contributed by atoms with van der Waals surface area (Å²) in [6.45, 7) is 11.2. The molecule has 1 fully saturated rings. The lowest BCUT2D eigenvalue weighted by Gasteiger charge is -2.32. The van der Waals surface area contributed by atoms with Crippen molar-refractivity contribution < 1.29 is 4.74 Å². The average Bonchev–Trinajstić information content (AvgIpc) is 2.59. The Labute approximate surface area is 99.7 Å². The number of ether oxygens (including phenoxy) is 1. The third-order valence-corrected chi connectivity index (χ3v) is 4.05. The standard InChI is InChI=1S/C14H25NO/c1-11(2)13-9-14(7-5-6-8-16-14)10-15(13)12(3)4/h5-6,11-13H,7-10H2,1-4H3. The largest absolute Gasteiger partial charge is 0.369 e. The van der Waals surface area contributed by atoms with E-state index in [1.807, 2.05) is 0 Å². The van der Waals surface area contributed by atoms with Crippen molar-refractivity contribution >= 4 is 0 Å². The second-order valence-electron chi connectivity index (χ2n) is 5.95. The molecule has 2 heterocycles. The van der Waals surface area contributed by atoms with Gasteiger partial charge < -0.3 is 4.74 Å². The number of rotatable bonds is 2. The summed E-state index contributed by atoms with van der Waals surface area (Å²) in [5.41, 5.74) is 0.119. The predicted octanol–water partition coefficient (Wildman–Crippen LogP) is 2.84. The Hall–Kier alpha value is -0.340. The van der Waals surface area contributed by atoms with E-state index in [-0.39, 0.29) is 5.60 Å². The Balaban J connectivity index is 2.13. The number of hydrogen-bond acceptors (Lipinski definition) is 2. The highest BCUT2D eigenvalue weighted by Gasteiger charge is 2.46. The second kappa shape index (κ2) is 4.50. The Morgan fingerprint density at radius 2 is 2.00 bits per heavy atom. The molecule has 2 rings (SSSR count). The van der Waals surface area contributed by atoms with Gasteiger partial charge in [-0.15, -0.1) is 0 Å². The van der Waals surface area contributed by atoms with Gasteiger partial charge in [-0.1, -0.05) is 26.0 Å². The molecule has 2 unspecified atom stereocenters. The fraction of sp³-hybridized carbons (Fsp3) is 0.857. The highest BCUT2D eigenvalue weighted by atomic mass is 16.5. The fourth-order valence-electron chi connectivity index (χ4n) is 3.10. The molecule has 0 aromatic heterocycles. The maximum atomic E-state index is 6.06. The van der Waals surface area contributed by atoms with E-state index in [0.29, 0.717) is 12.1 Å². The number of nitrogens with zero attached hydrogens (tertiary/aromatic N) is 1. The van der Waals surface area contributed by atoms with Crippen LogP contribution in [0.15, 0.2) is 12.2 Å². The van der Waals surface area contributed by atoms with Crippen LogP contribution >= 0.6 is 0 Å². The normalized spacial score (nSPS) is 35.8. The van der Waals surface area contributed by atoms with Crippen LogP contribution < -0.4 is 0 Å². The van der Waals surface area contributed by atoms with Gasteiger partial charge in [0, 0.05) is 18.6 Å². The van der Waals surface area contributed by atoms with Crippen LogP contribution in [0.3, 0.4) is 0 Å². The first-order valence-electron chi connectivity index (χ1n) is 6.59. The van der Waals surface area contributed by atoms with Gasteiger partial charge in [0.05, 0.1) is 12.2 Å². The molecule has 0 saturated carbocycles. The van der Waals surface area contributed by atoms with Crippen molar-refractivity contribution in [3.63, 3.8) is 0 Å². The van der Waals surface area contributed by atoms with Crippen molar-refractivity contribution in [2.24, 2.45) is 5.92 Å². The molecule has 2 nitrogen and oxygen atoms in total. The zero-order valence-electron chi connectivity index (χ0n) is 11.1. The summed E-state index contributed by atoms with van der Waals surface area (Å²) in [4.78, 5) is 2.63. The first kappa shape index (κ1) is 12.1. The molecule has 2 aliphatic rings. The highest BCUT2D eigenvalue weighted by Crippen LogP contribution is 2.39. The molecule has 16 heavy (non-hydrogen) atoms. The third-order valence-electron chi connectivity index (χ3n) is 4.05. The van der Waals surface area contributed by atoms with Crippen LogP contribution in [0.25, 0.3) is 0 Å². The van der Waals surface area contributed by atoms with Gasteiger partial charge in [0.1, 0.15) is 0 Å². The summed E-state index contributed by atoms with van der Waals surface area (Å²) < 4.78 is 6.06. The third kappa shape index (κ3) is 2.18. The average molecular weight is 223 g/mol. The lowest BCUT2D eigenvalue weighted by molar-refractivity contribution is -0.0295. The van der Waals surface area contributed by atoms with Gasteiger partial charge >= 0.3 is 0 Å². The minimum atomic E-state index is 0.119. The van der Waals surface area contributed by atoms with E-state index in [4.69, 9.17) is 4.74 Å². The first-order valence-corrected chi connectivity index (χ1v) is 6.59. The van der Waals surface area contributed by atoms with Gasteiger partial charge in [0.25, 0.3) is 0 Å². The summed E-state index contributed by atoms with van der Waals surface area (Å²) in [7, 11) is 0. The molecule has 2 heteroatoms. The van der Waals surface area contributed by atoms with Crippen LogP contribution in [0.1, 0.15) is 40.5 Å². The van der Waals surface area contributed by atoms with E-state index in [1.165, 1.54) is 6.42 Å². The maximum Gasteiger partial charge on any atom is 0.0862 e. The molecule has 0 aromatic rings. The molecule has 0 aliphatic carbocycles. The summed E-state index contributed by atoms with van der Waals surface area (Å²) in [5.74, 6) is 0.719. The van der Waals surface area contributed by atoms with Crippen molar-refractivity contribution in [2.75, 3.05) is 13.2 Å². The lowest BCUT2D eigenvalue weighted by Crippen LogP contribution is -2.41. The monoisotopic (exact) mass is 223 g/mol. The molecule has 2 aliphatic heterocycles. The van der Waals surface area contributed by atoms with Crippen molar-refractivity contribution in [3.8, 4) is 0 Å². The van der Waals surface area contributed by atoms with Gasteiger partial charge in [-0.2, -0.15) is 0 Å². The van der Waals surface area contributed by atoms with E-state index in [0.717, 1.165) is 25.5 Å². The maximum absolute atomic E-state index is 6.06. The molecule has 0 radical (unpaired) electrons. The Kier molecular flexibility index (Phi) is 3.41. The summed E-state index contributed by atoms with van der Waals surface area (Å²) in [5, 5.41) is 0. The van der Waals surface area contributed by atoms with Gasteiger partial charge in [0.2, 0.25) is 0 Å². The van der Waals surface area contributed by atoms with Crippen molar-refractivity contribution in [1.29, 1.82) is 0 Å². The molecule has 0 amide bonds. The zero-order valence-corrected chi connectivity index (χ0v) is 11.1. The minimum Gasteiger partial charge on any atom is -0.369 e. The molecular weight excluding hydrogens is 198 g/mol. The quantitative estimate of drug-likeness (QED) is 0.667. The lowest BCUT2D eigenvalue weighted by atomic mass is 9.90. The molecule has 1 spiro atoms. The van der Waals surface area contributed by atoms with Gasteiger partial charge in [-0.25, -0.2) is 0 Å². The van der Waals surface area contributed by atoms with Crippen molar-refractivity contribution in [3.05, 3.63) is 12.2 Å².